The molecule has 0 spiro atoms. The number of aryl methyl sites for hydroxylation is 1. The van der Waals surface area contributed by atoms with Crippen molar-refractivity contribution >= 4 is 25.5 Å². The predicted molar refractivity (Wildman–Crippen MR) is 81.5 cm³/mol. The lowest BCUT2D eigenvalue weighted by Gasteiger charge is -2.12. The fourth-order valence-corrected chi connectivity index (χ4v) is 3.65. The molecule has 5 nitrogen and oxygen atoms in total. The highest BCUT2D eigenvalue weighted by Gasteiger charge is 2.20. The van der Waals surface area contributed by atoms with E-state index in [9.17, 15) is 21.2 Å². The molecule has 8 heteroatoms. The van der Waals surface area contributed by atoms with E-state index in [4.69, 9.17) is 0 Å². The molecule has 0 saturated carbocycles. The van der Waals surface area contributed by atoms with Crippen LogP contribution < -0.4 is 4.72 Å². The van der Waals surface area contributed by atoms with Crippen LogP contribution in [-0.2, 0) is 19.9 Å². The van der Waals surface area contributed by atoms with E-state index in [0.717, 1.165) is 18.4 Å². The number of sulfone groups is 1. The minimum Gasteiger partial charge on any atom is -0.279 e. The fourth-order valence-electron chi connectivity index (χ4n) is 1.80. The van der Waals surface area contributed by atoms with Gasteiger partial charge in [-0.3, -0.25) is 4.72 Å². The van der Waals surface area contributed by atoms with Crippen LogP contribution in [0.5, 0.6) is 0 Å². The van der Waals surface area contributed by atoms with Crippen molar-refractivity contribution in [1.82, 2.24) is 0 Å². The van der Waals surface area contributed by atoms with E-state index >= 15 is 0 Å². The van der Waals surface area contributed by atoms with Crippen molar-refractivity contribution in [3.05, 3.63) is 53.8 Å². The van der Waals surface area contributed by atoms with Crippen LogP contribution in [-0.4, -0.2) is 23.1 Å². The second-order valence-electron chi connectivity index (χ2n) is 4.78. The first-order valence-corrected chi connectivity index (χ1v) is 9.57. The molecule has 0 heterocycles. The van der Waals surface area contributed by atoms with Crippen molar-refractivity contribution in [2.45, 2.75) is 16.7 Å². The Morgan fingerprint density at radius 3 is 2.23 bits per heavy atom. The average Bonchev–Trinajstić information content (AvgIpc) is 2.40. The zero-order chi connectivity index (χ0) is 16.5. The number of hydrogen-bond acceptors (Lipinski definition) is 4. The largest absolute Gasteiger partial charge is 0.279 e. The molecule has 0 saturated heterocycles. The van der Waals surface area contributed by atoms with Gasteiger partial charge in [0.15, 0.2) is 9.84 Å². The number of halogens is 1. The van der Waals surface area contributed by atoms with E-state index in [2.05, 4.69) is 4.72 Å². The maximum atomic E-state index is 13.6. The Labute approximate surface area is 128 Å². The number of sulfonamides is 1. The van der Waals surface area contributed by atoms with Gasteiger partial charge in [0.1, 0.15) is 10.7 Å². The molecule has 0 bridgehead atoms. The second kappa shape index (κ2) is 5.69. The topological polar surface area (TPSA) is 80.3 Å². The van der Waals surface area contributed by atoms with E-state index in [0.29, 0.717) is 5.56 Å². The Morgan fingerprint density at radius 1 is 1.00 bits per heavy atom. The maximum Gasteiger partial charge on any atom is 0.264 e. The van der Waals surface area contributed by atoms with Gasteiger partial charge in [-0.05, 0) is 36.8 Å². The molecule has 1 N–H and O–H groups in total. The summed E-state index contributed by atoms with van der Waals surface area (Å²) in [6.45, 7) is 1.62. The normalized spacial score (nSPS) is 12.1. The molecule has 118 valence electrons. The SMILES string of the molecule is Cc1ccc(S(C)(=O)=O)cc1NS(=O)(=O)c1ccccc1F. The van der Waals surface area contributed by atoms with Crippen LogP contribution >= 0.6 is 0 Å². The molecule has 0 aliphatic heterocycles. The third-order valence-electron chi connectivity index (χ3n) is 3.01. The Balaban J connectivity index is 2.49. The van der Waals surface area contributed by atoms with Crippen LogP contribution in [0, 0.1) is 12.7 Å². The quantitative estimate of drug-likeness (QED) is 0.924. The average molecular weight is 343 g/mol. The zero-order valence-corrected chi connectivity index (χ0v) is 13.5. The van der Waals surface area contributed by atoms with Crippen LogP contribution in [0.2, 0.25) is 0 Å². The summed E-state index contributed by atoms with van der Waals surface area (Å²) in [7, 11) is -7.63. The highest BCUT2D eigenvalue weighted by Crippen LogP contribution is 2.24. The van der Waals surface area contributed by atoms with Gasteiger partial charge in [0, 0.05) is 6.26 Å². The molecule has 2 aromatic rings. The van der Waals surface area contributed by atoms with Gasteiger partial charge in [0.25, 0.3) is 10.0 Å². The summed E-state index contributed by atoms with van der Waals surface area (Å²) in [6.07, 6.45) is 1.02. The second-order valence-corrected chi connectivity index (χ2v) is 8.45. The Hall–Kier alpha value is -1.93. The number of anilines is 1. The standard InChI is InChI=1S/C14H14FNO4S2/c1-10-7-8-11(21(2,17)18)9-13(10)16-22(19,20)14-6-4-3-5-12(14)15/h3-9,16H,1-2H3. The van der Waals surface area contributed by atoms with Gasteiger partial charge in [-0.25, -0.2) is 21.2 Å². The summed E-state index contributed by atoms with van der Waals surface area (Å²) < 4.78 is 63.4. The molecule has 0 aliphatic rings. The van der Waals surface area contributed by atoms with Crippen molar-refractivity contribution in [2.24, 2.45) is 0 Å². The van der Waals surface area contributed by atoms with E-state index in [-0.39, 0.29) is 10.6 Å². The molecular weight excluding hydrogens is 329 g/mol. The third kappa shape index (κ3) is 3.45. The molecule has 0 aromatic heterocycles. The van der Waals surface area contributed by atoms with E-state index in [1.54, 1.807) is 6.92 Å². The van der Waals surface area contributed by atoms with Gasteiger partial charge in [-0.1, -0.05) is 18.2 Å². The highest BCUT2D eigenvalue weighted by atomic mass is 32.2. The van der Waals surface area contributed by atoms with Crippen LogP contribution in [0.1, 0.15) is 5.56 Å². The molecule has 0 fully saturated rings. The van der Waals surface area contributed by atoms with Crippen LogP contribution in [0.15, 0.2) is 52.3 Å². The van der Waals surface area contributed by atoms with Gasteiger partial charge in [0.05, 0.1) is 10.6 Å². The fraction of sp³-hybridized carbons (Fsp3) is 0.143. The van der Waals surface area contributed by atoms with Crippen LogP contribution in [0.4, 0.5) is 10.1 Å². The predicted octanol–water partition coefficient (Wildman–Crippen LogP) is 2.34. The molecule has 2 aromatic carbocycles. The van der Waals surface area contributed by atoms with Gasteiger partial charge in [0.2, 0.25) is 0 Å². The lowest BCUT2D eigenvalue weighted by Crippen LogP contribution is -2.15. The Bertz CT molecular complexity index is 922. The maximum absolute atomic E-state index is 13.6. The first-order valence-electron chi connectivity index (χ1n) is 6.19. The first-order chi connectivity index (χ1) is 10.1. The molecular formula is C14H14FNO4S2. The van der Waals surface area contributed by atoms with Crippen LogP contribution in [0.25, 0.3) is 0 Å². The molecule has 0 radical (unpaired) electrons. The van der Waals surface area contributed by atoms with E-state index in [1.165, 1.54) is 30.3 Å². The smallest absolute Gasteiger partial charge is 0.264 e. The molecule has 0 aliphatic carbocycles. The molecule has 0 amide bonds. The molecule has 22 heavy (non-hydrogen) atoms. The number of benzene rings is 2. The van der Waals surface area contributed by atoms with Crippen molar-refractivity contribution in [3.63, 3.8) is 0 Å². The Morgan fingerprint density at radius 2 is 1.64 bits per heavy atom. The lowest BCUT2D eigenvalue weighted by molar-refractivity contribution is 0.570. The van der Waals surface area contributed by atoms with Gasteiger partial charge in [-0.2, -0.15) is 0 Å². The summed E-state index contributed by atoms with van der Waals surface area (Å²) in [4.78, 5) is -0.525. The molecule has 0 unspecified atom stereocenters. The van der Waals surface area contributed by atoms with Gasteiger partial charge < -0.3 is 0 Å². The van der Waals surface area contributed by atoms with Crippen molar-refractivity contribution in [2.75, 3.05) is 11.0 Å². The molecule has 2 rings (SSSR count). The van der Waals surface area contributed by atoms with Gasteiger partial charge in [-0.15, -0.1) is 0 Å². The van der Waals surface area contributed by atoms with Gasteiger partial charge >= 0.3 is 0 Å². The number of hydrogen-bond donors (Lipinski definition) is 1. The monoisotopic (exact) mass is 343 g/mol. The third-order valence-corrected chi connectivity index (χ3v) is 5.52. The van der Waals surface area contributed by atoms with Crippen molar-refractivity contribution < 1.29 is 21.2 Å². The summed E-state index contributed by atoms with van der Waals surface area (Å²) in [5.41, 5.74) is 0.610. The summed E-state index contributed by atoms with van der Waals surface area (Å²) in [5.74, 6) is -0.882. The minimum absolute atomic E-state index is 0.0238. The zero-order valence-electron chi connectivity index (χ0n) is 11.9. The van der Waals surface area contributed by atoms with E-state index < -0.39 is 30.6 Å². The number of nitrogens with one attached hydrogen (secondary N) is 1. The van der Waals surface area contributed by atoms with Crippen LogP contribution in [0.3, 0.4) is 0 Å². The minimum atomic E-state index is -4.15. The van der Waals surface area contributed by atoms with Crippen molar-refractivity contribution in [1.29, 1.82) is 0 Å². The summed E-state index contributed by atoms with van der Waals surface area (Å²) in [6, 6.07) is 9.02. The lowest BCUT2D eigenvalue weighted by atomic mass is 10.2. The van der Waals surface area contributed by atoms with E-state index in [1.807, 2.05) is 0 Å². The summed E-state index contributed by atoms with van der Waals surface area (Å²) in [5, 5.41) is 0. The summed E-state index contributed by atoms with van der Waals surface area (Å²) >= 11 is 0. The first kappa shape index (κ1) is 16.4. The van der Waals surface area contributed by atoms with Crippen molar-refractivity contribution in [3.8, 4) is 0 Å². The highest BCUT2D eigenvalue weighted by molar-refractivity contribution is 7.92. The molecule has 0 atom stereocenters. The number of rotatable bonds is 4. The Kier molecular flexibility index (Phi) is 4.25.